The fraction of sp³-hybridized carbons (Fsp3) is 0.316. The fourth-order valence-electron chi connectivity index (χ4n) is 3.28. The van der Waals surface area contributed by atoms with Crippen molar-refractivity contribution in [3.8, 4) is 0 Å². The Balaban J connectivity index is 1.48. The smallest absolute Gasteiger partial charge is 0.277 e. The molecule has 26 heavy (non-hydrogen) atoms. The molecule has 7 heteroatoms. The van der Waals surface area contributed by atoms with Crippen LogP contribution in [0.1, 0.15) is 33.4 Å². The lowest BCUT2D eigenvalue weighted by molar-refractivity contribution is 0.102. The van der Waals surface area contributed by atoms with Crippen LogP contribution in [-0.2, 0) is 19.5 Å². The van der Waals surface area contributed by atoms with Crippen LogP contribution in [0.4, 0.5) is 5.69 Å². The zero-order valence-corrected chi connectivity index (χ0v) is 15.5. The summed E-state index contributed by atoms with van der Waals surface area (Å²) in [6, 6.07) is 10.2. The van der Waals surface area contributed by atoms with Gasteiger partial charge in [0.1, 0.15) is 0 Å². The van der Waals surface area contributed by atoms with Gasteiger partial charge >= 0.3 is 0 Å². The van der Waals surface area contributed by atoms with E-state index in [0.29, 0.717) is 12.2 Å². The third kappa shape index (κ3) is 3.54. The molecule has 6 nitrogen and oxygen atoms in total. The maximum atomic E-state index is 12.6. The Morgan fingerprint density at radius 1 is 1.31 bits per heavy atom. The Bertz CT molecular complexity index is 903. The van der Waals surface area contributed by atoms with Crippen molar-refractivity contribution >= 4 is 22.9 Å². The van der Waals surface area contributed by atoms with Gasteiger partial charge in [0.15, 0.2) is 5.69 Å². The molecule has 0 unspecified atom stereocenters. The molecule has 0 saturated carbocycles. The minimum atomic E-state index is -0.214. The van der Waals surface area contributed by atoms with E-state index >= 15 is 0 Å². The van der Waals surface area contributed by atoms with Gasteiger partial charge in [0.05, 0.1) is 12.7 Å². The first-order valence-electron chi connectivity index (χ1n) is 8.80. The third-order valence-corrected chi connectivity index (χ3v) is 5.57. The van der Waals surface area contributed by atoms with Crippen LogP contribution in [0.5, 0.6) is 0 Å². The van der Waals surface area contributed by atoms with Crippen LogP contribution in [0.25, 0.3) is 0 Å². The average molecular weight is 367 g/mol. The number of likely N-dealkylation sites (N-methyl/N-ethyl adjacent to an activating group) is 1. The zero-order valence-electron chi connectivity index (χ0n) is 14.7. The van der Waals surface area contributed by atoms with Crippen molar-refractivity contribution in [2.45, 2.75) is 26.4 Å². The van der Waals surface area contributed by atoms with Crippen LogP contribution in [-0.4, -0.2) is 38.9 Å². The number of carbonyl (C=O) groups excluding carboxylic acids is 1. The van der Waals surface area contributed by atoms with Gasteiger partial charge in [-0.25, -0.2) is 4.68 Å². The van der Waals surface area contributed by atoms with E-state index in [-0.39, 0.29) is 5.91 Å². The zero-order chi connectivity index (χ0) is 17.9. The van der Waals surface area contributed by atoms with Crippen molar-refractivity contribution in [2.24, 2.45) is 0 Å². The standard InChI is InChI=1S/C19H21N5OS/c1-2-23-9-8-16-14(11-23)5-3-7-17(16)20-19(25)18-13-24(22-21-18)12-15-6-4-10-26-15/h3-7,10,13H,2,8-9,11-12H2,1H3,(H,20,25). The van der Waals surface area contributed by atoms with Crippen molar-refractivity contribution in [3.63, 3.8) is 0 Å². The number of nitrogens with zero attached hydrogens (tertiary/aromatic N) is 4. The van der Waals surface area contributed by atoms with Crippen molar-refractivity contribution in [3.05, 3.63) is 63.6 Å². The molecule has 1 N–H and O–H groups in total. The third-order valence-electron chi connectivity index (χ3n) is 4.71. The van der Waals surface area contributed by atoms with E-state index in [1.165, 1.54) is 16.0 Å². The Hall–Kier alpha value is -2.51. The molecule has 1 aromatic carbocycles. The van der Waals surface area contributed by atoms with Crippen molar-refractivity contribution in [2.75, 3.05) is 18.4 Å². The molecule has 3 aromatic rings. The summed E-state index contributed by atoms with van der Waals surface area (Å²) in [5.41, 5.74) is 3.75. The molecule has 0 spiro atoms. The molecule has 4 rings (SSSR count). The largest absolute Gasteiger partial charge is 0.320 e. The lowest BCUT2D eigenvalue weighted by atomic mass is 9.97. The molecule has 134 valence electrons. The molecule has 3 heterocycles. The molecular weight excluding hydrogens is 346 g/mol. The van der Waals surface area contributed by atoms with E-state index in [2.05, 4.69) is 33.5 Å². The minimum Gasteiger partial charge on any atom is -0.320 e. The Kier molecular flexibility index (Phi) is 4.81. The second kappa shape index (κ2) is 7.39. The van der Waals surface area contributed by atoms with E-state index in [1.54, 1.807) is 22.2 Å². The van der Waals surface area contributed by atoms with E-state index in [4.69, 9.17) is 0 Å². The minimum absolute atomic E-state index is 0.214. The number of anilines is 1. The normalized spacial score (nSPS) is 14.2. The molecule has 0 atom stereocenters. The lowest BCUT2D eigenvalue weighted by Crippen LogP contribution is -2.31. The number of hydrogen-bond donors (Lipinski definition) is 1. The van der Waals surface area contributed by atoms with Crippen molar-refractivity contribution in [1.29, 1.82) is 0 Å². The highest BCUT2D eigenvalue weighted by atomic mass is 32.1. The summed E-state index contributed by atoms with van der Waals surface area (Å²) < 4.78 is 1.69. The molecule has 0 radical (unpaired) electrons. The van der Waals surface area contributed by atoms with Gasteiger partial charge in [-0.2, -0.15) is 0 Å². The first kappa shape index (κ1) is 16.9. The number of carbonyl (C=O) groups is 1. The van der Waals surface area contributed by atoms with E-state index < -0.39 is 0 Å². The van der Waals surface area contributed by atoms with Crippen LogP contribution in [0.15, 0.2) is 41.9 Å². The SMILES string of the molecule is CCN1CCc2c(cccc2NC(=O)c2cn(Cc3cccs3)nn2)C1. The lowest BCUT2D eigenvalue weighted by Gasteiger charge is -2.28. The van der Waals surface area contributed by atoms with Crippen LogP contribution < -0.4 is 5.32 Å². The number of aromatic nitrogens is 3. The highest BCUT2D eigenvalue weighted by Gasteiger charge is 2.19. The quantitative estimate of drug-likeness (QED) is 0.753. The fourth-order valence-corrected chi connectivity index (χ4v) is 3.98. The highest BCUT2D eigenvalue weighted by molar-refractivity contribution is 7.09. The molecular formula is C19H21N5OS. The second-order valence-corrected chi connectivity index (χ2v) is 7.43. The van der Waals surface area contributed by atoms with E-state index in [1.807, 2.05) is 29.6 Å². The Labute approximate surface area is 156 Å². The first-order valence-corrected chi connectivity index (χ1v) is 9.68. The van der Waals surface area contributed by atoms with E-state index in [9.17, 15) is 4.79 Å². The molecule has 0 saturated heterocycles. The number of amides is 1. The first-order chi connectivity index (χ1) is 12.7. The van der Waals surface area contributed by atoms with Crippen LogP contribution in [0.2, 0.25) is 0 Å². The van der Waals surface area contributed by atoms with Gasteiger partial charge in [0.2, 0.25) is 0 Å². The second-order valence-electron chi connectivity index (χ2n) is 6.40. The maximum absolute atomic E-state index is 12.6. The Morgan fingerprint density at radius 3 is 3.04 bits per heavy atom. The van der Waals surface area contributed by atoms with Gasteiger partial charge in [-0.05, 0) is 41.6 Å². The number of rotatable bonds is 5. The molecule has 2 aromatic heterocycles. The maximum Gasteiger partial charge on any atom is 0.277 e. The highest BCUT2D eigenvalue weighted by Crippen LogP contribution is 2.26. The summed E-state index contributed by atoms with van der Waals surface area (Å²) in [5.74, 6) is -0.214. The van der Waals surface area contributed by atoms with Crippen LogP contribution >= 0.6 is 11.3 Å². The monoisotopic (exact) mass is 367 g/mol. The molecule has 0 bridgehead atoms. The van der Waals surface area contributed by atoms with Crippen LogP contribution in [0.3, 0.4) is 0 Å². The van der Waals surface area contributed by atoms with Gasteiger partial charge in [0, 0.05) is 23.7 Å². The van der Waals surface area contributed by atoms with Gasteiger partial charge in [-0.1, -0.05) is 30.3 Å². The topological polar surface area (TPSA) is 63.1 Å². The average Bonchev–Trinajstić information content (AvgIpc) is 3.34. The molecule has 1 amide bonds. The molecule has 1 aliphatic heterocycles. The number of thiophene rings is 1. The summed E-state index contributed by atoms with van der Waals surface area (Å²) in [4.78, 5) is 16.2. The number of nitrogens with one attached hydrogen (secondary N) is 1. The van der Waals surface area contributed by atoms with Gasteiger partial charge in [-0.15, -0.1) is 16.4 Å². The van der Waals surface area contributed by atoms with Gasteiger partial charge < -0.3 is 5.32 Å². The molecule has 0 fully saturated rings. The predicted octanol–water partition coefficient (Wildman–Crippen LogP) is 3.02. The van der Waals surface area contributed by atoms with E-state index in [0.717, 1.165) is 31.7 Å². The summed E-state index contributed by atoms with van der Waals surface area (Å²) in [6.07, 6.45) is 2.65. The molecule has 1 aliphatic rings. The van der Waals surface area contributed by atoms with Crippen LogP contribution in [0, 0.1) is 0 Å². The predicted molar refractivity (Wildman–Crippen MR) is 102 cm³/mol. The summed E-state index contributed by atoms with van der Waals surface area (Å²) >= 11 is 1.66. The summed E-state index contributed by atoms with van der Waals surface area (Å²) in [6.45, 7) is 5.81. The van der Waals surface area contributed by atoms with Crippen molar-refractivity contribution in [1.82, 2.24) is 19.9 Å². The van der Waals surface area contributed by atoms with Gasteiger partial charge in [0.25, 0.3) is 5.91 Å². The molecule has 0 aliphatic carbocycles. The summed E-state index contributed by atoms with van der Waals surface area (Å²) in [5, 5.41) is 13.1. The number of fused-ring (bicyclic) bond motifs is 1. The number of benzene rings is 1. The Morgan fingerprint density at radius 2 is 2.23 bits per heavy atom. The summed E-state index contributed by atoms with van der Waals surface area (Å²) in [7, 11) is 0. The number of hydrogen-bond acceptors (Lipinski definition) is 5. The van der Waals surface area contributed by atoms with Gasteiger partial charge in [-0.3, -0.25) is 9.69 Å². The van der Waals surface area contributed by atoms with Crippen molar-refractivity contribution < 1.29 is 4.79 Å².